The Morgan fingerprint density at radius 2 is 0.418 bits per heavy atom. The molecule has 0 aliphatic heterocycles. The molecule has 0 aliphatic rings. The van der Waals surface area contributed by atoms with Gasteiger partial charge in [0.25, 0.3) is 0 Å². The van der Waals surface area contributed by atoms with Crippen molar-refractivity contribution in [2.75, 3.05) is 119 Å². The van der Waals surface area contributed by atoms with Crippen molar-refractivity contribution in [3.05, 3.63) is 164 Å². The number of hydrogen-bond acceptors (Lipinski definition) is 12. The summed E-state index contributed by atoms with van der Waals surface area (Å²) in [6.07, 6.45) is 0. The molecule has 0 radical (unpaired) electrons. The maximum absolute atomic E-state index is 6.46. The number of para-hydroxylation sites is 6. The average Bonchev–Trinajstić information content (AvgIpc) is 3.38. The van der Waals surface area contributed by atoms with E-state index in [1.54, 1.807) is 0 Å². The van der Waals surface area contributed by atoms with Crippen molar-refractivity contribution in [3.8, 4) is 34.5 Å². The lowest BCUT2D eigenvalue weighted by Crippen LogP contribution is -2.16. The van der Waals surface area contributed by atoms with Gasteiger partial charge in [0.15, 0.2) is 17.2 Å². The lowest BCUT2D eigenvalue weighted by atomic mass is 10.3. The lowest BCUT2D eigenvalue weighted by Gasteiger charge is -2.17. The smallest absolute Gasteiger partial charge is 0.208 e. The molecule has 6 aromatic carbocycles. The molecule has 6 aromatic rings. The van der Waals surface area contributed by atoms with E-state index in [2.05, 4.69) is 18.2 Å². The molecule has 0 heterocycles. The Morgan fingerprint density at radius 1 is 0.209 bits per heavy atom. The van der Waals surface area contributed by atoms with Crippen molar-refractivity contribution >= 4 is 10.9 Å². The minimum absolute atomic E-state index is 0.351. The van der Waals surface area contributed by atoms with Crippen molar-refractivity contribution in [1.29, 1.82) is 0 Å². The standard InChI is InChI=1S/C54H63O12S/c1-4-16-46(17-5-1)61-40-34-55-28-31-58-37-43-64-49-22-10-13-25-52(49)67(53-26-14-11-23-50(53)65-44-38-59-32-29-56-35-41-62-47-18-6-2-7-19-47)54-27-15-12-24-51(54)66-45-39-60-33-30-57-36-42-63-48-20-8-3-9-21-48/h1-27H,28-45H2/q+1. The van der Waals surface area contributed by atoms with Crippen LogP contribution in [0.25, 0.3) is 0 Å². The van der Waals surface area contributed by atoms with Crippen LogP contribution in [0.15, 0.2) is 178 Å². The SMILES string of the molecule is c1ccc(OCCOCCOCCOc2ccccc2[S+](c2ccccc2OCCOCCOCCOc2ccccc2)c2ccccc2OCCOCCOCCOc2ccccc2)cc1. The van der Waals surface area contributed by atoms with Gasteiger partial charge >= 0.3 is 0 Å². The maximum Gasteiger partial charge on any atom is 0.208 e. The van der Waals surface area contributed by atoms with Crippen molar-refractivity contribution in [2.45, 2.75) is 14.7 Å². The topological polar surface area (TPSA) is 111 Å². The molecule has 0 saturated carbocycles. The quantitative estimate of drug-likeness (QED) is 0.0277. The van der Waals surface area contributed by atoms with E-state index >= 15 is 0 Å². The van der Waals surface area contributed by atoms with Crippen LogP contribution < -0.4 is 28.4 Å². The van der Waals surface area contributed by atoms with Gasteiger partial charge in [-0.1, -0.05) is 91.0 Å². The second-order valence-corrected chi connectivity index (χ2v) is 16.3. The largest absolute Gasteiger partial charge is 0.491 e. The molecular weight excluding hydrogens is 873 g/mol. The summed E-state index contributed by atoms with van der Waals surface area (Å²) < 4.78 is 71.2. The molecule has 67 heavy (non-hydrogen) atoms. The van der Waals surface area contributed by atoms with E-state index in [-0.39, 0.29) is 0 Å². The van der Waals surface area contributed by atoms with Gasteiger partial charge in [0.1, 0.15) is 67.8 Å². The van der Waals surface area contributed by atoms with E-state index in [0.717, 1.165) is 49.2 Å². The van der Waals surface area contributed by atoms with Crippen LogP contribution in [0.4, 0.5) is 0 Å². The van der Waals surface area contributed by atoms with Gasteiger partial charge in [-0.25, -0.2) is 0 Å². The molecule has 0 aliphatic carbocycles. The normalized spacial score (nSPS) is 11.1. The second-order valence-electron chi connectivity index (χ2n) is 14.4. The molecule has 0 amide bonds. The van der Waals surface area contributed by atoms with Crippen molar-refractivity contribution in [2.24, 2.45) is 0 Å². The zero-order chi connectivity index (χ0) is 46.1. The van der Waals surface area contributed by atoms with Crippen LogP contribution in [0.2, 0.25) is 0 Å². The van der Waals surface area contributed by atoms with Gasteiger partial charge in [-0.3, -0.25) is 0 Å². The third-order valence-corrected chi connectivity index (χ3v) is 11.8. The molecule has 0 saturated heterocycles. The Hall–Kier alpha value is -5.77. The van der Waals surface area contributed by atoms with E-state index in [4.69, 9.17) is 56.8 Å². The molecule has 0 N–H and O–H groups in total. The average molecular weight is 936 g/mol. The zero-order valence-electron chi connectivity index (χ0n) is 38.1. The van der Waals surface area contributed by atoms with Crippen LogP contribution in [0.5, 0.6) is 34.5 Å². The molecule has 0 bridgehead atoms. The minimum atomic E-state index is -0.725. The Kier molecular flexibility index (Phi) is 24.2. The van der Waals surface area contributed by atoms with Gasteiger partial charge < -0.3 is 56.8 Å². The number of ether oxygens (including phenoxy) is 12. The van der Waals surface area contributed by atoms with Gasteiger partial charge in [0, 0.05) is 0 Å². The number of rotatable bonds is 36. The molecule has 0 atom stereocenters. The molecular formula is C54H63O12S+. The molecule has 0 spiro atoms. The lowest BCUT2D eigenvalue weighted by molar-refractivity contribution is 0.0270. The fourth-order valence-electron chi connectivity index (χ4n) is 6.37. The summed E-state index contributed by atoms with van der Waals surface area (Å²) in [7, 11) is -0.725. The third-order valence-electron chi connectivity index (χ3n) is 9.50. The van der Waals surface area contributed by atoms with Gasteiger partial charge in [-0.2, -0.15) is 0 Å². The van der Waals surface area contributed by atoms with E-state index in [0.29, 0.717) is 119 Å². The maximum atomic E-state index is 6.46. The van der Waals surface area contributed by atoms with E-state index in [1.807, 2.05) is 146 Å². The molecule has 0 fully saturated rings. The second kappa shape index (κ2) is 32.0. The molecule has 13 heteroatoms. The first-order chi connectivity index (χ1) is 33.3. The van der Waals surface area contributed by atoms with Gasteiger partial charge in [0.05, 0.1) is 79.3 Å². The van der Waals surface area contributed by atoms with E-state index in [9.17, 15) is 0 Å². The molecule has 12 nitrogen and oxygen atoms in total. The highest BCUT2D eigenvalue weighted by Gasteiger charge is 2.37. The van der Waals surface area contributed by atoms with Crippen LogP contribution in [0, 0.1) is 0 Å². The van der Waals surface area contributed by atoms with Crippen LogP contribution in [-0.4, -0.2) is 119 Å². The highest BCUT2D eigenvalue weighted by molar-refractivity contribution is 7.97. The van der Waals surface area contributed by atoms with Crippen molar-refractivity contribution < 1.29 is 56.8 Å². The van der Waals surface area contributed by atoms with Gasteiger partial charge in [-0.05, 0) is 72.8 Å². The summed E-state index contributed by atoms with van der Waals surface area (Å²) in [5.74, 6) is 4.69. The summed E-state index contributed by atoms with van der Waals surface area (Å²) in [6, 6.07) is 53.4. The van der Waals surface area contributed by atoms with Crippen molar-refractivity contribution in [1.82, 2.24) is 0 Å². The fourth-order valence-corrected chi connectivity index (χ4v) is 8.71. The predicted octanol–water partition coefficient (Wildman–Crippen LogP) is 9.26. The Labute approximate surface area is 398 Å². The van der Waals surface area contributed by atoms with E-state index < -0.39 is 10.9 Å². The zero-order valence-corrected chi connectivity index (χ0v) is 38.9. The Balaban J connectivity index is 1.01. The van der Waals surface area contributed by atoms with E-state index in [1.165, 1.54) is 0 Å². The molecule has 0 aromatic heterocycles. The number of hydrogen-bond donors (Lipinski definition) is 0. The Bertz CT molecular complexity index is 1920. The van der Waals surface area contributed by atoms with Crippen LogP contribution in [0.3, 0.4) is 0 Å². The Morgan fingerprint density at radius 3 is 0.687 bits per heavy atom. The highest BCUT2D eigenvalue weighted by Crippen LogP contribution is 2.43. The summed E-state index contributed by atoms with van der Waals surface area (Å²) >= 11 is 0. The monoisotopic (exact) mass is 935 g/mol. The third kappa shape index (κ3) is 19.5. The first kappa shape index (κ1) is 50.6. The van der Waals surface area contributed by atoms with Gasteiger partial charge in [-0.15, -0.1) is 0 Å². The van der Waals surface area contributed by atoms with Gasteiger partial charge in [0.2, 0.25) is 14.7 Å². The summed E-state index contributed by atoms with van der Waals surface area (Å²) in [5, 5.41) is 0. The summed E-state index contributed by atoms with van der Waals surface area (Å²) in [5.41, 5.74) is 0. The molecule has 6 rings (SSSR count). The highest BCUT2D eigenvalue weighted by atomic mass is 32.2. The van der Waals surface area contributed by atoms with Crippen LogP contribution >= 0.6 is 0 Å². The summed E-state index contributed by atoms with van der Waals surface area (Å²) in [4.78, 5) is 2.93. The first-order valence-corrected chi connectivity index (χ1v) is 24.0. The van der Waals surface area contributed by atoms with Crippen molar-refractivity contribution in [3.63, 3.8) is 0 Å². The predicted molar refractivity (Wildman–Crippen MR) is 259 cm³/mol. The minimum Gasteiger partial charge on any atom is -0.491 e. The van der Waals surface area contributed by atoms with Crippen LogP contribution in [0.1, 0.15) is 0 Å². The first-order valence-electron chi connectivity index (χ1n) is 22.7. The van der Waals surface area contributed by atoms with Crippen LogP contribution in [-0.2, 0) is 39.3 Å². The molecule has 0 unspecified atom stereocenters. The molecule has 356 valence electrons. The summed E-state index contributed by atoms with van der Waals surface area (Å²) in [6.45, 7) is 7.77. The fraction of sp³-hybridized carbons (Fsp3) is 0.333. The number of benzene rings is 6.